The van der Waals surface area contributed by atoms with Crippen LogP contribution in [0, 0.1) is 0 Å². The fraction of sp³-hybridized carbons (Fsp3) is 0.364. The lowest BCUT2D eigenvalue weighted by Crippen LogP contribution is -2.53. The lowest BCUT2D eigenvalue weighted by atomic mass is 9.89. The van der Waals surface area contributed by atoms with E-state index in [0.29, 0.717) is 19.6 Å². The van der Waals surface area contributed by atoms with Crippen LogP contribution >= 0.6 is 0 Å². The Morgan fingerprint density at radius 1 is 0.933 bits per heavy atom. The zero-order valence-electron chi connectivity index (χ0n) is 15.9. The van der Waals surface area contributed by atoms with Crippen LogP contribution in [0.4, 0.5) is 22.0 Å². The quantitative estimate of drug-likeness (QED) is 0.609. The number of alkyl halides is 5. The van der Waals surface area contributed by atoms with E-state index in [1.807, 2.05) is 18.2 Å². The van der Waals surface area contributed by atoms with Crippen molar-refractivity contribution in [3.8, 4) is 5.75 Å². The SMILES string of the molecule is FC(F)(F)C(F)(F)Oc1ccc(C2=CC3COCC(C2)N3Cc2ccccc2)cc1. The molecule has 0 amide bonds. The van der Waals surface area contributed by atoms with E-state index in [1.165, 1.54) is 17.7 Å². The molecule has 2 atom stereocenters. The molecule has 4 rings (SSSR count). The van der Waals surface area contributed by atoms with E-state index in [1.54, 1.807) is 0 Å². The number of rotatable bonds is 5. The van der Waals surface area contributed by atoms with Crippen LogP contribution in [0.1, 0.15) is 17.5 Å². The van der Waals surface area contributed by atoms with Crippen LogP contribution in [0.25, 0.3) is 5.57 Å². The van der Waals surface area contributed by atoms with Gasteiger partial charge in [-0.1, -0.05) is 48.5 Å². The van der Waals surface area contributed by atoms with Gasteiger partial charge in [-0.25, -0.2) is 0 Å². The number of halogens is 5. The first-order valence-electron chi connectivity index (χ1n) is 9.55. The summed E-state index contributed by atoms with van der Waals surface area (Å²) in [6.07, 6.45) is -8.22. The Morgan fingerprint density at radius 3 is 2.27 bits per heavy atom. The van der Waals surface area contributed by atoms with Crippen molar-refractivity contribution in [2.24, 2.45) is 0 Å². The largest absolute Gasteiger partial charge is 0.499 e. The van der Waals surface area contributed by atoms with Crippen molar-refractivity contribution in [3.05, 3.63) is 71.8 Å². The third-order valence-electron chi connectivity index (χ3n) is 5.35. The molecule has 2 aliphatic rings. The molecule has 2 aromatic rings. The van der Waals surface area contributed by atoms with Crippen molar-refractivity contribution in [3.63, 3.8) is 0 Å². The summed E-state index contributed by atoms with van der Waals surface area (Å²) in [6.45, 7) is 1.92. The highest BCUT2D eigenvalue weighted by Crippen LogP contribution is 2.38. The second kappa shape index (κ2) is 8.00. The van der Waals surface area contributed by atoms with Crippen molar-refractivity contribution in [1.29, 1.82) is 0 Å². The minimum atomic E-state index is -5.77. The number of morpholine rings is 1. The third kappa shape index (κ3) is 4.34. The predicted octanol–water partition coefficient (Wildman–Crippen LogP) is 5.28. The first-order valence-corrected chi connectivity index (χ1v) is 9.55. The molecular weight excluding hydrogens is 405 g/mol. The van der Waals surface area contributed by atoms with Gasteiger partial charge in [-0.2, -0.15) is 22.0 Å². The normalized spacial score (nSPS) is 22.5. The monoisotopic (exact) mass is 425 g/mol. The fourth-order valence-electron chi connectivity index (χ4n) is 3.86. The van der Waals surface area contributed by atoms with E-state index < -0.39 is 18.0 Å². The van der Waals surface area contributed by atoms with E-state index >= 15 is 0 Å². The summed E-state index contributed by atoms with van der Waals surface area (Å²) >= 11 is 0. The summed E-state index contributed by atoms with van der Waals surface area (Å²) in [6, 6.07) is 15.6. The Hall–Kier alpha value is -2.45. The van der Waals surface area contributed by atoms with Crippen molar-refractivity contribution in [1.82, 2.24) is 4.90 Å². The molecule has 2 heterocycles. The Kier molecular flexibility index (Phi) is 5.55. The standard InChI is InChI=1S/C22H20F5NO2/c23-21(24,25)22(26,27)30-20-8-6-16(7-9-20)17-10-18-13-29-14-19(11-17)28(18)12-15-4-2-1-3-5-15/h1-10,18-19H,11-14H2. The Balaban J connectivity index is 1.50. The Bertz CT molecular complexity index is 896. The highest BCUT2D eigenvalue weighted by molar-refractivity contribution is 5.68. The van der Waals surface area contributed by atoms with Crippen LogP contribution < -0.4 is 4.74 Å². The molecule has 3 nitrogen and oxygen atoms in total. The van der Waals surface area contributed by atoms with E-state index in [0.717, 1.165) is 29.8 Å². The number of hydrogen-bond donors (Lipinski definition) is 0. The maximum Gasteiger partial charge on any atom is 0.499 e. The van der Waals surface area contributed by atoms with Crippen LogP contribution in [0.15, 0.2) is 60.7 Å². The van der Waals surface area contributed by atoms with Gasteiger partial charge in [0.15, 0.2) is 0 Å². The topological polar surface area (TPSA) is 21.7 Å². The zero-order chi connectivity index (χ0) is 21.4. The highest BCUT2D eigenvalue weighted by atomic mass is 19.4. The first-order chi connectivity index (χ1) is 14.2. The van der Waals surface area contributed by atoms with E-state index in [9.17, 15) is 22.0 Å². The van der Waals surface area contributed by atoms with Gasteiger partial charge in [0.05, 0.1) is 19.3 Å². The molecule has 8 heteroatoms. The van der Waals surface area contributed by atoms with Gasteiger partial charge < -0.3 is 9.47 Å². The highest BCUT2D eigenvalue weighted by Gasteiger charge is 2.61. The summed E-state index contributed by atoms with van der Waals surface area (Å²) in [5.74, 6) is -0.535. The number of ether oxygens (including phenoxy) is 2. The smallest absolute Gasteiger partial charge is 0.426 e. The maximum atomic E-state index is 13.1. The fourth-order valence-corrected chi connectivity index (χ4v) is 3.86. The molecule has 0 saturated carbocycles. The molecule has 0 radical (unpaired) electrons. The summed E-state index contributed by atoms with van der Waals surface area (Å²) < 4.78 is 72.6. The molecule has 2 unspecified atom stereocenters. The molecule has 0 N–H and O–H groups in total. The molecular formula is C22H20F5NO2. The molecule has 2 aliphatic heterocycles. The van der Waals surface area contributed by atoms with Crippen LogP contribution in [0.5, 0.6) is 5.75 Å². The molecule has 0 spiro atoms. The summed E-state index contributed by atoms with van der Waals surface area (Å²) in [7, 11) is 0. The molecule has 1 fully saturated rings. The van der Waals surface area contributed by atoms with Crippen molar-refractivity contribution in [2.75, 3.05) is 13.2 Å². The maximum absolute atomic E-state index is 13.1. The van der Waals surface area contributed by atoms with Crippen molar-refractivity contribution >= 4 is 5.57 Å². The van der Waals surface area contributed by atoms with Crippen LogP contribution in [-0.4, -0.2) is 42.5 Å². The summed E-state index contributed by atoms with van der Waals surface area (Å²) in [4.78, 5) is 2.38. The molecule has 0 aliphatic carbocycles. The molecule has 30 heavy (non-hydrogen) atoms. The summed E-state index contributed by atoms with van der Waals surface area (Å²) in [5.41, 5.74) is 3.00. The number of nitrogens with zero attached hydrogens (tertiary/aromatic N) is 1. The average molecular weight is 425 g/mol. The predicted molar refractivity (Wildman–Crippen MR) is 101 cm³/mol. The summed E-state index contributed by atoms with van der Waals surface area (Å²) in [5, 5.41) is 0. The van der Waals surface area contributed by atoms with Gasteiger partial charge in [0, 0.05) is 12.6 Å². The van der Waals surface area contributed by atoms with Crippen molar-refractivity contribution in [2.45, 2.75) is 37.3 Å². The minimum Gasteiger partial charge on any atom is -0.426 e. The zero-order valence-corrected chi connectivity index (χ0v) is 15.9. The number of benzene rings is 2. The second-order valence-corrected chi connectivity index (χ2v) is 7.45. The Morgan fingerprint density at radius 2 is 1.63 bits per heavy atom. The van der Waals surface area contributed by atoms with E-state index in [2.05, 4.69) is 27.8 Å². The third-order valence-corrected chi connectivity index (χ3v) is 5.35. The van der Waals surface area contributed by atoms with Gasteiger partial charge in [0.25, 0.3) is 0 Å². The minimum absolute atomic E-state index is 0.0678. The lowest BCUT2D eigenvalue weighted by Gasteiger charge is -2.44. The van der Waals surface area contributed by atoms with Gasteiger partial charge in [0.1, 0.15) is 5.75 Å². The van der Waals surface area contributed by atoms with Crippen molar-refractivity contribution < 1.29 is 31.4 Å². The number of fused-ring (bicyclic) bond motifs is 2. The van der Waals surface area contributed by atoms with Gasteiger partial charge in [0.2, 0.25) is 0 Å². The van der Waals surface area contributed by atoms with Gasteiger partial charge in [-0.15, -0.1) is 0 Å². The van der Waals surface area contributed by atoms with Crippen LogP contribution in [0.2, 0.25) is 0 Å². The molecule has 160 valence electrons. The molecule has 0 aromatic heterocycles. The Labute approximate surface area is 170 Å². The molecule has 1 saturated heterocycles. The van der Waals surface area contributed by atoms with Crippen LogP contribution in [0.3, 0.4) is 0 Å². The molecule has 2 bridgehead atoms. The van der Waals surface area contributed by atoms with E-state index in [-0.39, 0.29) is 12.1 Å². The number of hydrogen-bond acceptors (Lipinski definition) is 3. The van der Waals surface area contributed by atoms with Gasteiger partial charge in [-0.05, 0) is 35.3 Å². The van der Waals surface area contributed by atoms with Gasteiger partial charge >= 0.3 is 12.3 Å². The van der Waals surface area contributed by atoms with E-state index in [4.69, 9.17) is 4.74 Å². The van der Waals surface area contributed by atoms with Crippen LogP contribution in [-0.2, 0) is 11.3 Å². The average Bonchev–Trinajstić information content (AvgIpc) is 2.68. The second-order valence-electron chi connectivity index (χ2n) is 7.45. The molecule has 2 aromatic carbocycles. The van der Waals surface area contributed by atoms with Gasteiger partial charge in [-0.3, -0.25) is 4.90 Å². The lowest BCUT2D eigenvalue weighted by molar-refractivity contribution is -0.360. The first kappa shape index (κ1) is 20.8.